The molecule has 0 bridgehead atoms. The van der Waals surface area contributed by atoms with Gasteiger partial charge in [0.1, 0.15) is 5.82 Å². The predicted octanol–water partition coefficient (Wildman–Crippen LogP) is 1.47. The lowest BCUT2D eigenvalue weighted by atomic mass is 10.1. The summed E-state index contributed by atoms with van der Waals surface area (Å²) in [5.74, 6) is 1.11. The maximum Gasteiger partial charge on any atom is 0.237 e. The predicted molar refractivity (Wildman–Crippen MR) is 157 cm³/mol. The van der Waals surface area contributed by atoms with Crippen molar-refractivity contribution >= 4 is 22.0 Å². The van der Waals surface area contributed by atoms with Crippen LogP contribution in [0.5, 0.6) is 0 Å². The molecule has 8 nitrogen and oxygen atoms in total. The first-order valence-corrected chi connectivity index (χ1v) is 14.7. The Kier molecular flexibility index (Phi) is 10.4. The van der Waals surface area contributed by atoms with Crippen molar-refractivity contribution in [2.24, 2.45) is 0 Å². The second-order valence-electron chi connectivity index (χ2n) is 10.3. The number of pyridine rings is 2. The quantitative estimate of drug-likeness (QED) is 0.305. The van der Waals surface area contributed by atoms with Crippen LogP contribution in [0, 0.1) is 0 Å². The SMILES string of the molecule is CC([SiH3])[C@H](NCc1ccccn1)C(=O)NCc1ccc(CNCc2cccc(N3CCN(C)CC3)n2)cc1. The highest BCUT2D eigenvalue weighted by Gasteiger charge is 2.21. The molecule has 1 aliphatic heterocycles. The molecule has 4 rings (SSSR count). The van der Waals surface area contributed by atoms with Gasteiger partial charge in [0.15, 0.2) is 0 Å². The second-order valence-corrected chi connectivity index (χ2v) is 12.2. The molecule has 9 heteroatoms. The third-order valence-electron chi connectivity index (χ3n) is 6.92. The minimum Gasteiger partial charge on any atom is -0.354 e. The monoisotopic (exact) mass is 531 g/mol. The van der Waals surface area contributed by atoms with E-state index in [1.54, 1.807) is 6.20 Å². The molecular weight excluding hydrogens is 490 g/mol. The molecule has 3 N–H and O–H groups in total. The largest absolute Gasteiger partial charge is 0.354 e. The molecule has 202 valence electrons. The summed E-state index contributed by atoms with van der Waals surface area (Å²) >= 11 is 0. The van der Waals surface area contributed by atoms with E-state index in [1.807, 2.05) is 18.2 Å². The number of amides is 1. The van der Waals surface area contributed by atoms with Crippen LogP contribution in [0.1, 0.15) is 29.4 Å². The number of piperazine rings is 1. The highest BCUT2D eigenvalue weighted by atomic mass is 28.1. The fraction of sp³-hybridized carbons (Fsp3) is 0.414. The van der Waals surface area contributed by atoms with E-state index in [4.69, 9.17) is 4.98 Å². The van der Waals surface area contributed by atoms with Crippen LogP contribution in [0.2, 0.25) is 5.54 Å². The van der Waals surface area contributed by atoms with Gasteiger partial charge in [-0.3, -0.25) is 9.78 Å². The van der Waals surface area contributed by atoms with Crippen molar-refractivity contribution in [3.05, 3.63) is 89.4 Å². The van der Waals surface area contributed by atoms with E-state index in [2.05, 4.69) is 87.2 Å². The van der Waals surface area contributed by atoms with E-state index in [9.17, 15) is 4.79 Å². The number of nitrogens with one attached hydrogen (secondary N) is 3. The van der Waals surface area contributed by atoms with Gasteiger partial charge in [-0.1, -0.05) is 43.3 Å². The zero-order valence-corrected chi connectivity index (χ0v) is 24.9. The van der Waals surface area contributed by atoms with Crippen molar-refractivity contribution in [3.63, 3.8) is 0 Å². The van der Waals surface area contributed by atoms with Gasteiger partial charge in [-0.15, -0.1) is 0 Å². The van der Waals surface area contributed by atoms with Crippen molar-refractivity contribution < 1.29 is 4.79 Å². The van der Waals surface area contributed by atoms with Crippen molar-refractivity contribution in [2.75, 3.05) is 38.1 Å². The molecule has 1 amide bonds. The summed E-state index contributed by atoms with van der Waals surface area (Å²) in [5, 5.41) is 10.00. The molecule has 0 radical (unpaired) electrons. The van der Waals surface area contributed by atoms with E-state index < -0.39 is 0 Å². The Bertz CT molecular complexity index is 1140. The van der Waals surface area contributed by atoms with Crippen molar-refractivity contribution in [2.45, 2.75) is 44.7 Å². The van der Waals surface area contributed by atoms with Crippen LogP contribution in [0.15, 0.2) is 66.9 Å². The molecule has 2 aromatic heterocycles. The molecule has 3 aromatic rings. The Labute approximate surface area is 229 Å². The first-order chi connectivity index (χ1) is 18.5. The van der Waals surface area contributed by atoms with Gasteiger partial charge in [-0.2, -0.15) is 0 Å². The third kappa shape index (κ3) is 8.46. The molecule has 1 saturated heterocycles. The highest BCUT2D eigenvalue weighted by molar-refractivity contribution is 6.14. The zero-order valence-electron chi connectivity index (χ0n) is 22.9. The number of benzene rings is 1. The minimum absolute atomic E-state index is 0.0421. The Balaban J connectivity index is 1.20. The van der Waals surface area contributed by atoms with Gasteiger partial charge in [-0.25, -0.2) is 4.98 Å². The van der Waals surface area contributed by atoms with E-state index in [1.165, 1.54) is 5.56 Å². The summed E-state index contributed by atoms with van der Waals surface area (Å²) in [6, 6.07) is 20.3. The molecule has 38 heavy (non-hydrogen) atoms. The fourth-order valence-corrected chi connectivity index (χ4v) is 5.07. The second kappa shape index (κ2) is 14.2. The highest BCUT2D eigenvalue weighted by Crippen LogP contribution is 2.14. The lowest BCUT2D eigenvalue weighted by molar-refractivity contribution is -0.123. The van der Waals surface area contributed by atoms with Crippen LogP contribution >= 0.6 is 0 Å². The fourth-order valence-electron chi connectivity index (χ4n) is 4.53. The molecule has 1 fully saturated rings. The summed E-state index contributed by atoms with van der Waals surface area (Å²) in [5.41, 5.74) is 4.60. The zero-order chi connectivity index (χ0) is 26.7. The summed E-state index contributed by atoms with van der Waals surface area (Å²) in [7, 11) is 3.10. The number of aromatic nitrogens is 2. The summed E-state index contributed by atoms with van der Waals surface area (Å²) in [4.78, 5) is 26.8. The molecular formula is C29H41N7OSi. The first kappa shape index (κ1) is 27.9. The summed E-state index contributed by atoms with van der Waals surface area (Å²) in [6.07, 6.45) is 1.78. The lowest BCUT2D eigenvalue weighted by Crippen LogP contribution is -2.46. The van der Waals surface area contributed by atoms with Crippen LogP contribution in [0.3, 0.4) is 0 Å². The number of carbonyl (C=O) groups is 1. The number of carbonyl (C=O) groups excluding carboxylic acids is 1. The Hall–Kier alpha value is -3.11. The van der Waals surface area contributed by atoms with Gasteiger partial charge in [0, 0.05) is 68.8 Å². The van der Waals surface area contributed by atoms with Gasteiger partial charge >= 0.3 is 0 Å². The Morgan fingerprint density at radius 1 is 0.895 bits per heavy atom. The van der Waals surface area contributed by atoms with Crippen molar-refractivity contribution in [1.82, 2.24) is 30.8 Å². The number of nitrogens with zero attached hydrogens (tertiary/aromatic N) is 4. The molecule has 1 aromatic carbocycles. The first-order valence-electron chi connectivity index (χ1n) is 13.6. The smallest absolute Gasteiger partial charge is 0.237 e. The van der Waals surface area contributed by atoms with E-state index >= 15 is 0 Å². The maximum atomic E-state index is 12.9. The van der Waals surface area contributed by atoms with Crippen molar-refractivity contribution in [3.8, 4) is 0 Å². The standard InChI is InChI=1S/C29H41N7OSi/c1-22(38)28(32-21-25-6-3-4-13-31-25)29(37)33-19-24-11-9-23(10-12-24)18-30-20-26-7-5-8-27(34-26)36-16-14-35(2)15-17-36/h3-13,22,28,30,32H,14-21H2,1-2,38H3,(H,33,37)/t22?,28-/m0/s1. The molecule has 0 aliphatic carbocycles. The van der Waals surface area contributed by atoms with Crippen molar-refractivity contribution in [1.29, 1.82) is 0 Å². The van der Waals surface area contributed by atoms with Crippen LogP contribution in [-0.4, -0.2) is 70.3 Å². The number of anilines is 1. The number of hydrogen-bond acceptors (Lipinski definition) is 7. The molecule has 0 spiro atoms. The molecule has 2 atom stereocenters. The lowest BCUT2D eigenvalue weighted by Gasteiger charge is -2.33. The maximum absolute atomic E-state index is 12.9. The van der Waals surface area contributed by atoms with Gasteiger partial charge in [-0.05, 0) is 48.0 Å². The minimum atomic E-state index is -0.212. The number of hydrogen-bond donors (Lipinski definition) is 3. The van der Waals surface area contributed by atoms with Gasteiger partial charge in [0.2, 0.25) is 5.91 Å². The molecule has 1 unspecified atom stereocenters. The number of rotatable bonds is 12. The number of likely N-dealkylation sites (N-methyl/N-ethyl adjacent to an activating group) is 1. The topological polar surface area (TPSA) is 85.4 Å². The van der Waals surface area contributed by atoms with Gasteiger partial charge in [0.05, 0.1) is 17.4 Å². The average Bonchev–Trinajstić information content (AvgIpc) is 2.94. The van der Waals surface area contributed by atoms with Crippen LogP contribution in [0.4, 0.5) is 5.82 Å². The molecule has 0 saturated carbocycles. The third-order valence-corrected chi connectivity index (χ3v) is 7.59. The van der Waals surface area contributed by atoms with Crippen LogP contribution in [-0.2, 0) is 31.0 Å². The summed E-state index contributed by atoms with van der Waals surface area (Å²) in [6.45, 7) is 8.91. The van der Waals surface area contributed by atoms with E-state index in [-0.39, 0.29) is 11.9 Å². The summed E-state index contributed by atoms with van der Waals surface area (Å²) < 4.78 is 0. The van der Waals surface area contributed by atoms with Crippen LogP contribution in [0.25, 0.3) is 0 Å². The van der Waals surface area contributed by atoms with E-state index in [0.29, 0.717) is 18.6 Å². The van der Waals surface area contributed by atoms with Crippen LogP contribution < -0.4 is 20.9 Å². The molecule has 1 aliphatic rings. The van der Waals surface area contributed by atoms with Gasteiger partial charge in [0.25, 0.3) is 0 Å². The normalized spacial score (nSPS) is 15.8. The van der Waals surface area contributed by atoms with Gasteiger partial charge < -0.3 is 25.8 Å². The Morgan fingerprint density at radius 2 is 1.61 bits per heavy atom. The average molecular weight is 532 g/mol. The molecule has 3 heterocycles. The Morgan fingerprint density at radius 3 is 2.29 bits per heavy atom. The van der Waals surface area contributed by atoms with E-state index in [0.717, 1.165) is 72.3 Å².